The maximum Gasteiger partial charge on any atom is 0.490 e. The van der Waals surface area contributed by atoms with Crippen molar-refractivity contribution in [2.45, 2.75) is 50.2 Å². The number of phosphoric acid groups is 3. The topological polar surface area (TPSA) is 270 Å². The molecule has 1 aromatic rings. The largest absolute Gasteiger partial charge is 0.490 e. The molecule has 17 nitrogen and oxygen atoms in total. The van der Waals surface area contributed by atoms with Gasteiger partial charge in [0.2, 0.25) is 0 Å². The summed E-state index contributed by atoms with van der Waals surface area (Å²) in [6.07, 6.45) is 2.08. The first kappa shape index (κ1) is 31.3. The van der Waals surface area contributed by atoms with E-state index in [0.717, 1.165) is 23.6 Å². The van der Waals surface area contributed by atoms with Crippen LogP contribution in [0.1, 0.15) is 37.5 Å². The zero-order chi connectivity index (χ0) is 28.0. The van der Waals surface area contributed by atoms with Crippen molar-refractivity contribution < 1.29 is 61.4 Å². The van der Waals surface area contributed by atoms with Crippen LogP contribution in [0.25, 0.3) is 0 Å². The van der Waals surface area contributed by atoms with Gasteiger partial charge in [-0.3, -0.25) is 9.09 Å². The lowest BCUT2D eigenvalue weighted by atomic mass is 10.1. The zero-order valence-corrected chi connectivity index (χ0v) is 21.4. The third kappa shape index (κ3) is 9.72. The third-order valence-electron chi connectivity index (χ3n) is 4.51. The molecule has 0 saturated carbocycles. The van der Waals surface area contributed by atoms with Gasteiger partial charge in [-0.15, -0.1) is 12.3 Å². The number of aliphatic hydroxyl groups is 2. The summed E-state index contributed by atoms with van der Waals surface area (Å²) in [5.74, 6) is 7.86. The standard InChI is InChI=1S/C17H24N3O14P3/c1-2-3-4-5-6-7-8-11-9-20(17(23)19-15(11)18)16-14(22)13(21)12(32-16)10-31-36(27,28)34-37(29,30)33-35(24,25)26/h1,9,12-14,16,21-22H,3-6,10H2,(H,27,28)(H,29,30)(H2,18,19,23)(H2,24,25,26). The lowest BCUT2D eigenvalue weighted by Gasteiger charge is -2.19. The van der Waals surface area contributed by atoms with Gasteiger partial charge in [0, 0.05) is 19.0 Å². The third-order valence-corrected chi connectivity index (χ3v) is 8.31. The molecule has 2 heterocycles. The summed E-state index contributed by atoms with van der Waals surface area (Å²) < 4.78 is 51.6. The van der Waals surface area contributed by atoms with Gasteiger partial charge in [-0.05, 0) is 12.8 Å². The molecule has 2 rings (SSSR count). The van der Waals surface area contributed by atoms with Crippen molar-refractivity contribution in [1.29, 1.82) is 0 Å². The summed E-state index contributed by atoms with van der Waals surface area (Å²) in [7, 11) is -16.9. The van der Waals surface area contributed by atoms with E-state index in [4.69, 9.17) is 31.6 Å². The number of rotatable bonds is 11. The van der Waals surface area contributed by atoms with Crippen molar-refractivity contribution in [2.75, 3.05) is 12.3 Å². The van der Waals surface area contributed by atoms with E-state index in [1.807, 2.05) is 0 Å². The monoisotopic (exact) mass is 587 g/mol. The van der Waals surface area contributed by atoms with E-state index in [2.05, 4.69) is 35.9 Å². The number of hydrogen-bond donors (Lipinski definition) is 7. The Morgan fingerprint density at radius 2 is 1.73 bits per heavy atom. The summed E-state index contributed by atoms with van der Waals surface area (Å²) >= 11 is 0. The van der Waals surface area contributed by atoms with E-state index in [1.54, 1.807) is 0 Å². The second-order valence-electron chi connectivity index (χ2n) is 7.38. The van der Waals surface area contributed by atoms with E-state index < -0.39 is 60.3 Å². The summed E-state index contributed by atoms with van der Waals surface area (Å²) in [6, 6.07) is 0. The van der Waals surface area contributed by atoms with Crippen molar-refractivity contribution in [3.05, 3.63) is 22.2 Å². The molecule has 1 aromatic heterocycles. The SMILES string of the molecule is C#CCCCCC#Cc1cn(C2OC(COP(=O)(O)OP(=O)(O)OP(=O)(O)O)C(O)C2O)c(=O)nc1N. The van der Waals surface area contributed by atoms with Crippen molar-refractivity contribution in [1.82, 2.24) is 9.55 Å². The lowest BCUT2D eigenvalue weighted by molar-refractivity contribution is -0.0541. The van der Waals surface area contributed by atoms with E-state index in [-0.39, 0.29) is 11.4 Å². The van der Waals surface area contributed by atoms with Gasteiger partial charge in [0.05, 0.1) is 12.2 Å². The maximum absolute atomic E-state index is 12.3. The molecule has 0 radical (unpaired) electrons. The van der Waals surface area contributed by atoms with E-state index >= 15 is 0 Å². The molecule has 0 amide bonds. The van der Waals surface area contributed by atoms with Crippen LogP contribution in [0.2, 0.25) is 0 Å². The number of nitrogens with two attached hydrogens (primary N) is 1. The summed E-state index contributed by atoms with van der Waals surface area (Å²) in [5, 5.41) is 20.6. The summed E-state index contributed by atoms with van der Waals surface area (Å²) in [6.45, 7) is -1.06. The number of terminal acetylenes is 1. The van der Waals surface area contributed by atoms with Crippen LogP contribution in [0.4, 0.5) is 5.82 Å². The van der Waals surface area contributed by atoms with Gasteiger partial charge in [-0.25, -0.2) is 18.5 Å². The molecule has 6 atom stereocenters. The van der Waals surface area contributed by atoms with Crippen LogP contribution in [0.15, 0.2) is 11.0 Å². The van der Waals surface area contributed by atoms with Crippen LogP contribution < -0.4 is 11.4 Å². The number of anilines is 1. The Kier molecular flexibility index (Phi) is 10.8. The van der Waals surface area contributed by atoms with Crippen LogP contribution in [-0.2, 0) is 31.6 Å². The van der Waals surface area contributed by atoms with E-state index in [0.29, 0.717) is 12.8 Å². The van der Waals surface area contributed by atoms with E-state index in [1.165, 1.54) is 0 Å². The number of aliphatic hydroxyl groups excluding tert-OH is 2. The highest BCUT2D eigenvalue weighted by Crippen LogP contribution is 2.66. The maximum atomic E-state index is 12.3. The molecule has 0 bridgehead atoms. The Balaban J connectivity index is 2.12. The van der Waals surface area contributed by atoms with Crippen molar-refractivity contribution in [3.8, 4) is 24.2 Å². The van der Waals surface area contributed by atoms with Gasteiger partial charge in [0.25, 0.3) is 0 Å². The zero-order valence-electron chi connectivity index (χ0n) is 18.8. The van der Waals surface area contributed by atoms with Crippen LogP contribution in [-0.4, -0.2) is 64.3 Å². The number of nitrogens with zero attached hydrogens (tertiary/aromatic N) is 2. The number of unbranched alkanes of at least 4 members (excludes halogenated alkanes) is 3. The number of phosphoric ester groups is 1. The number of aromatic nitrogens is 2. The highest BCUT2D eigenvalue weighted by molar-refractivity contribution is 7.66. The van der Waals surface area contributed by atoms with Crippen LogP contribution >= 0.6 is 23.5 Å². The molecule has 1 fully saturated rings. The molecular weight excluding hydrogens is 563 g/mol. The predicted octanol–water partition coefficient (Wildman–Crippen LogP) is -0.667. The van der Waals surface area contributed by atoms with Gasteiger partial charge in [-0.1, -0.05) is 11.8 Å². The van der Waals surface area contributed by atoms with Gasteiger partial charge in [0.1, 0.15) is 24.1 Å². The highest BCUT2D eigenvalue weighted by Gasteiger charge is 2.46. The molecule has 1 aliphatic heterocycles. The van der Waals surface area contributed by atoms with Crippen molar-refractivity contribution in [2.24, 2.45) is 0 Å². The molecule has 0 spiro atoms. The second kappa shape index (κ2) is 12.8. The number of nitrogen functional groups attached to an aromatic ring is 1. The molecule has 20 heteroatoms. The fourth-order valence-corrected chi connectivity index (χ4v) is 5.96. The van der Waals surface area contributed by atoms with Crippen LogP contribution in [0, 0.1) is 24.2 Å². The van der Waals surface area contributed by atoms with Crippen LogP contribution in [0.5, 0.6) is 0 Å². The van der Waals surface area contributed by atoms with Gasteiger partial charge in [-0.2, -0.15) is 13.6 Å². The molecule has 206 valence electrons. The summed E-state index contributed by atoms with van der Waals surface area (Å²) in [5.41, 5.74) is 4.85. The molecule has 1 saturated heterocycles. The quantitative estimate of drug-likeness (QED) is 0.0961. The summed E-state index contributed by atoms with van der Waals surface area (Å²) in [4.78, 5) is 51.7. The van der Waals surface area contributed by atoms with Crippen molar-refractivity contribution >= 4 is 29.3 Å². The average molecular weight is 587 g/mol. The molecule has 0 aromatic carbocycles. The number of ether oxygens (including phenoxy) is 1. The average Bonchev–Trinajstić information content (AvgIpc) is 3.02. The Hall–Kier alpha value is -1.91. The van der Waals surface area contributed by atoms with Gasteiger partial charge >= 0.3 is 29.2 Å². The molecule has 6 unspecified atom stereocenters. The molecule has 1 aliphatic rings. The predicted molar refractivity (Wildman–Crippen MR) is 123 cm³/mol. The molecule has 8 N–H and O–H groups in total. The lowest BCUT2D eigenvalue weighted by Crippen LogP contribution is -2.36. The first-order valence-electron chi connectivity index (χ1n) is 10.2. The van der Waals surface area contributed by atoms with Crippen LogP contribution in [0.3, 0.4) is 0 Å². The first-order valence-corrected chi connectivity index (χ1v) is 14.7. The second-order valence-corrected chi connectivity index (χ2v) is 11.8. The fourth-order valence-electron chi connectivity index (χ4n) is 2.93. The Morgan fingerprint density at radius 1 is 1.08 bits per heavy atom. The number of hydrogen-bond acceptors (Lipinski definition) is 12. The van der Waals surface area contributed by atoms with Crippen molar-refractivity contribution in [3.63, 3.8) is 0 Å². The Morgan fingerprint density at radius 3 is 2.35 bits per heavy atom. The van der Waals surface area contributed by atoms with E-state index in [9.17, 15) is 33.6 Å². The Bertz CT molecular complexity index is 1280. The first-order chi connectivity index (χ1) is 17.1. The smallest absolute Gasteiger partial charge is 0.387 e. The molecule has 0 aliphatic carbocycles. The molecular formula is C17H24N3O14P3. The highest BCUT2D eigenvalue weighted by atomic mass is 31.3. The Labute approximate surface area is 209 Å². The molecule has 37 heavy (non-hydrogen) atoms. The minimum atomic E-state index is -5.76. The fraction of sp³-hybridized carbons (Fsp3) is 0.529. The van der Waals surface area contributed by atoms with Gasteiger partial charge < -0.3 is 40.3 Å². The minimum Gasteiger partial charge on any atom is -0.387 e. The van der Waals surface area contributed by atoms with Gasteiger partial charge in [0.15, 0.2) is 6.23 Å². The minimum absolute atomic E-state index is 0.110. The normalized spacial score (nSPS) is 24.9.